The molecule has 0 aliphatic carbocycles. The molecule has 1 N–H and O–H groups in total. The molecule has 0 aromatic heterocycles. The summed E-state index contributed by atoms with van der Waals surface area (Å²) < 4.78 is 5.50. The van der Waals surface area contributed by atoms with Gasteiger partial charge in [0, 0.05) is 7.11 Å². The zero-order valence-electron chi connectivity index (χ0n) is 12.8. The van der Waals surface area contributed by atoms with E-state index in [4.69, 9.17) is 4.74 Å². The molecule has 0 saturated heterocycles. The predicted octanol–water partition coefficient (Wildman–Crippen LogP) is 4.69. The van der Waals surface area contributed by atoms with E-state index in [2.05, 4.69) is 13.8 Å². The van der Waals surface area contributed by atoms with Gasteiger partial charge in [-0.15, -0.1) is 0 Å². The molecule has 0 aliphatic rings. The van der Waals surface area contributed by atoms with Crippen molar-refractivity contribution in [3.63, 3.8) is 0 Å². The largest absolute Gasteiger partial charge is 0.393 e. The Morgan fingerprint density at radius 3 is 2.00 bits per heavy atom. The fraction of sp³-hybridized carbons (Fsp3) is 1.00. The first-order chi connectivity index (χ1) is 8.74. The molecule has 2 heteroatoms. The van der Waals surface area contributed by atoms with Crippen LogP contribution in [-0.4, -0.2) is 24.4 Å². The van der Waals surface area contributed by atoms with Crippen molar-refractivity contribution < 1.29 is 9.84 Å². The summed E-state index contributed by atoms with van der Waals surface area (Å²) in [4.78, 5) is 0. The van der Waals surface area contributed by atoms with Crippen LogP contribution in [0.4, 0.5) is 0 Å². The average molecular weight is 258 g/mol. The molecular formula is C16H34O2. The third kappa shape index (κ3) is 11.0. The van der Waals surface area contributed by atoms with Crippen LogP contribution in [-0.2, 0) is 4.74 Å². The van der Waals surface area contributed by atoms with E-state index < -0.39 is 0 Å². The lowest BCUT2D eigenvalue weighted by Crippen LogP contribution is -2.15. The molecule has 0 aliphatic heterocycles. The van der Waals surface area contributed by atoms with Gasteiger partial charge in [0.1, 0.15) is 0 Å². The van der Waals surface area contributed by atoms with Crippen LogP contribution in [0.3, 0.4) is 0 Å². The van der Waals surface area contributed by atoms with Crippen LogP contribution >= 0.6 is 0 Å². The average Bonchev–Trinajstić information content (AvgIpc) is 2.38. The number of unbranched alkanes of at least 4 members (excludes halogenated alkanes) is 5. The van der Waals surface area contributed by atoms with Gasteiger partial charge in [0.25, 0.3) is 0 Å². The first-order valence-electron chi connectivity index (χ1n) is 7.95. The summed E-state index contributed by atoms with van der Waals surface area (Å²) in [5.74, 6) is 0. The van der Waals surface area contributed by atoms with Crippen molar-refractivity contribution in [1.82, 2.24) is 0 Å². The number of aliphatic hydroxyl groups excluding tert-OH is 1. The van der Waals surface area contributed by atoms with Crippen molar-refractivity contribution in [3.8, 4) is 0 Å². The molecular weight excluding hydrogens is 224 g/mol. The minimum absolute atomic E-state index is 0.121. The summed E-state index contributed by atoms with van der Waals surface area (Å²) in [6.07, 6.45) is 13.1. The van der Waals surface area contributed by atoms with E-state index in [-0.39, 0.29) is 6.10 Å². The normalized spacial score (nSPS) is 14.7. The maximum Gasteiger partial charge on any atom is 0.0572 e. The Hall–Kier alpha value is -0.0800. The minimum atomic E-state index is -0.121. The quantitative estimate of drug-likeness (QED) is 0.485. The second-order valence-corrected chi connectivity index (χ2v) is 5.43. The summed E-state index contributed by atoms with van der Waals surface area (Å²) in [6, 6.07) is 0. The molecule has 0 aromatic carbocycles. The number of rotatable bonds is 13. The molecule has 0 unspecified atom stereocenters. The van der Waals surface area contributed by atoms with Crippen molar-refractivity contribution in [3.05, 3.63) is 0 Å². The maximum absolute atomic E-state index is 9.87. The molecule has 0 amide bonds. The van der Waals surface area contributed by atoms with Crippen LogP contribution in [0.5, 0.6) is 0 Å². The van der Waals surface area contributed by atoms with Gasteiger partial charge in [-0.2, -0.15) is 0 Å². The summed E-state index contributed by atoms with van der Waals surface area (Å²) in [5, 5.41) is 9.87. The highest BCUT2D eigenvalue weighted by molar-refractivity contribution is 4.63. The second kappa shape index (κ2) is 13.4. The van der Waals surface area contributed by atoms with E-state index in [1.807, 2.05) is 0 Å². The Balaban J connectivity index is 3.52. The van der Waals surface area contributed by atoms with Gasteiger partial charge in [0.2, 0.25) is 0 Å². The SMILES string of the molecule is CCCCCC[C@H](CC[C@@H](O)CCCCC)OC. The van der Waals surface area contributed by atoms with Crippen molar-refractivity contribution in [2.45, 2.75) is 96.7 Å². The van der Waals surface area contributed by atoms with Crippen LogP contribution in [0, 0.1) is 0 Å². The van der Waals surface area contributed by atoms with Gasteiger partial charge in [0.05, 0.1) is 12.2 Å². The Labute approximate surface area is 114 Å². The molecule has 0 radical (unpaired) electrons. The Kier molecular flexibility index (Phi) is 13.3. The third-order valence-corrected chi connectivity index (χ3v) is 3.68. The van der Waals surface area contributed by atoms with Crippen molar-refractivity contribution >= 4 is 0 Å². The Bertz CT molecular complexity index is 159. The number of methoxy groups -OCH3 is 1. The van der Waals surface area contributed by atoms with Crippen LogP contribution in [0.25, 0.3) is 0 Å². The molecule has 110 valence electrons. The second-order valence-electron chi connectivity index (χ2n) is 5.43. The maximum atomic E-state index is 9.87. The molecule has 2 nitrogen and oxygen atoms in total. The molecule has 0 bridgehead atoms. The van der Waals surface area contributed by atoms with Gasteiger partial charge in [-0.25, -0.2) is 0 Å². The number of aliphatic hydroxyl groups is 1. The van der Waals surface area contributed by atoms with Crippen molar-refractivity contribution in [2.75, 3.05) is 7.11 Å². The molecule has 0 saturated carbocycles. The smallest absolute Gasteiger partial charge is 0.0572 e. The number of hydrogen-bond acceptors (Lipinski definition) is 2. The summed E-state index contributed by atoms with van der Waals surface area (Å²) in [6.45, 7) is 4.43. The lowest BCUT2D eigenvalue weighted by Gasteiger charge is -2.17. The van der Waals surface area contributed by atoms with E-state index >= 15 is 0 Å². The van der Waals surface area contributed by atoms with E-state index in [0.29, 0.717) is 6.10 Å². The van der Waals surface area contributed by atoms with Crippen molar-refractivity contribution in [1.29, 1.82) is 0 Å². The van der Waals surface area contributed by atoms with Crippen LogP contribution in [0.1, 0.15) is 84.5 Å². The standard InChI is InChI=1S/C16H34O2/c1-4-6-8-10-12-16(18-3)14-13-15(17)11-9-7-5-2/h15-17H,4-14H2,1-3H3/t15-,16+/m0/s1. The first kappa shape index (κ1) is 17.9. The van der Waals surface area contributed by atoms with E-state index in [9.17, 15) is 5.11 Å². The highest BCUT2D eigenvalue weighted by Gasteiger charge is 2.10. The summed E-state index contributed by atoms with van der Waals surface area (Å²) in [7, 11) is 1.80. The van der Waals surface area contributed by atoms with Gasteiger partial charge in [0.15, 0.2) is 0 Å². The topological polar surface area (TPSA) is 29.5 Å². The molecule has 0 spiro atoms. The lowest BCUT2D eigenvalue weighted by molar-refractivity contribution is 0.0632. The molecule has 18 heavy (non-hydrogen) atoms. The van der Waals surface area contributed by atoms with Gasteiger partial charge in [-0.05, 0) is 25.7 Å². The predicted molar refractivity (Wildman–Crippen MR) is 78.9 cm³/mol. The summed E-state index contributed by atoms with van der Waals surface area (Å²) in [5.41, 5.74) is 0. The van der Waals surface area contributed by atoms with Crippen LogP contribution < -0.4 is 0 Å². The summed E-state index contributed by atoms with van der Waals surface area (Å²) >= 11 is 0. The molecule has 0 heterocycles. The van der Waals surface area contributed by atoms with Crippen LogP contribution in [0.2, 0.25) is 0 Å². The first-order valence-corrected chi connectivity index (χ1v) is 7.95. The molecule has 0 fully saturated rings. The fourth-order valence-corrected chi connectivity index (χ4v) is 2.33. The molecule has 2 atom stereocenters. The fourth-order valence-electron chi connectivity index (χ4n) is 2.33. The van der Waals surface area contributed by atoms with E-state index in [1.165, 1.54) is 38.5 Å². The zero-order chi connectivity index (χ0) is 13.6. The lowest BCUT2D eigenvalue weighted by atomic mass is 10.0. The Morgan fingerprint density at radius 2 is 1.39 bits per heavy atom. The zero-order valence-corrected chi connectivity index (χ0v) is 12.8. The van der Waals surface area contributed by atoms with Gasteiger partial charge in [-0.1, -0.05) is 58.8 Å². The van der Waals surface area contributed by atoms with Crippen molar-refractivity contribution in [2.24, 2.45) is 0 Å². The van der Waals surface area contributed by atoms with Gasteiger partial charge < -0.3 is 9.84 Å². The van der Waals surface area contributed by atoms with E-state index in [1.54, 1.807) is 7.11 Å². The van der Waals surface area contributed by atoms with Gasteiger partial charge >= 0.3 is 0 Å². The number of ether oxygens (including phenoxy) is 1. The van der Waals surface area contributed by atoms with E-state index in [0.717, 1.165) is 32.1 Å². The van der Waals surface area contributed by atoms with Gasteiger partial charge in [-0.3, -0.25) is 0 Å². The molecule has 0 aromatic rings. The third-order valence-electron chi connectivity index (χ3n) is 3.68. The Morgan fingerprint density at radius 1 is 0.778 bits per heavy atom. The number of hydrogen-bond donors (Lipinski definition) is 1. The monoisotopic (exact) mass is 258 g/mol. The van der Waals surface area contributed by atoms with Crippen LogP contribution in [0.15, 0.2) is 0 Å². The highest BCUT2D eigenvalue weighted by atomic mass is 16.5. The highest BCUT2D eigenvalue weighted by Crippen LogP contribution is 2.15. The molecule has 0 rings (SSSR count). The minimum Gasteiger partial charge on any atom is -0.393 e.